The first kappa shape index (κ1) is 10.9. The van der Waals surface area contributed by atoms with Crippen LogP contribution in [-0.4, -0.2) is 35.5 Å². The highest BCUT2D eigenvalue weighted by molar-refractivity contribution is 5.81. The maximum Gasteiger partial charge on any atom is 0.323 e. The van der Waals surface area contributed by atoms with Gasteiger partial charge < -0.3 is 10.0 Å². The van der Waals surface area contributed by atoms with Crippen molar-refractivity contribution in [2.45, 2.75) is 20.3 Å². The molecule has 0 spiro atoms. The van der Waals surface area contributed by atoms with Crippen molar-refractivity contribution in [3.63, 3.8) is 0 Å². The van der Waals surface area contributed by atoms with E-state index in [4.69, 9.17) is 5.11 Å². The van der Waals surface area contributed by atoms with Crippen LogP contribution in [0.15, 0.2) is 0 Å². The molecule has 0 unspecified atom stereocenters. The third-order valence-corrected chi connectivity index (χ3v) is 1.38. The summed E-state index contributed by atoms with van der Waals surface area (Å²) in [6.07, 6.45) is 0.407. The number of hydrogen-bond acceptors (Lipinski definition) is 2. The highest BCUT2D eigenvalue weighted by Crippen LogP contribution is 2.01. The fraction of sp³-hybridized carbons (Fsp3) is 0.750. The van der Waals surface area contributed by atoms with Crippen molar-refractivity contribution in [1.29, 1.82) is 0 Å². The molecule has 0 atom stereocenters. The third kappa shape index (κ3) is 4.71. The molecule has 0 rings (SSSR count). The van der Waals surface area contributed by atoms with Gasteiger partial charge in [0.1, 0.15) is 6.54 Å². The summed E-state index contributed by atoms with van der Waals surface area (Å²) in [7, 11) is 1.50. The van der Waals surface area contributed by atoms with Crippen molar-refractivity contribution in [1.82, 2.24) is 4.90 Å². The molecule has 0 saturated carbocycles. The van der Waals surface area contributed by atoms with Gasteiger partial charge in [0, 0.05) is 13.5 Å². The zero-order valence-corrected chi connectivity index (χ0v) is 7.70. The van der Waals surface area contributed by atoms with E-state index in [9.17, 15) is 9.59 Å². The molecule has 0 fully saturated rings. The summed E-state index contributed by atoms with van der Waals surface area (Å²) < 4.78 is 0. The number of amides is 1. The summed E-state index contributed by atoms with van der Waals surface area (Å²) in [5, 5.41) is 8.37. The predicted octanol–water partition coefficient (Wildman–Crippen LogP) is 0.575. The molecule has 0 aromatic heterocycles. The van der Waals surface area contributed by atoms with Crippen LogP contribution in [0, 0.1) is 5.92 Å². The molecule has 0 bridgehead atoms. The number of carboxylic acid groups (broad SMARTS) is 1. The molecule has 12 heavy (non-hydrogen) atoms. The Kier molecular flexibility index (Phi) is 4.33. The maximum absolute atomic E-state index is 11.2. The molecule has 70 valence electrons. The van der Waals surface area contributed by atoms with Gasteiger partial charge >= 0.3 is 5.97 Å². The van der Waals surface area contributed by atoms with Crippen molar-refractivity contribution in [2.24, 2.45) is 5.92 Å². The highest BCUT2D eigenvalue weighted by Gasteiger charge is 2.12. The zero-order chi connectivity index (χ0) is 9.72. The van der Waals surface area contributed by atoms with Gasteiger partial charge in [-0.25, -0.2) is 0 Å². The second-order valence-corrected chi connectivity index (χ2v) is 3.24. The van der Waals surface area contributed by atoms with Crippen LogP contribution < -0.4 is 0 Å². The number of aliphatic carboxylic acids is 1. The molecule has 0 aliphatic carbocycles. The van der Waals surface area contributed by atoms with Gasteiger partial charge in [-0.3, -0.25) is 9.59 Å². The maximum atomic E-state index is 11.2. The van der Waals surface area contributed by atoms with Gasteiger partial charge in [-0.15, -0.1) is 0 Å². The van der Waals surface area contributed by atoms with Crippen molar-refractivity contribution < 1.29 is 14.7 Å². The number of likely N-dealkylation sites (N-methyl/N-ethyl adjacent to an activating group) is 1. The molecule has 1 amide bonds. The Morgan fingerprint density at radius 3 is 2.25 bits per heavy atom. The second-order valence-electron chi connectivity index (χ2n) is 3.24. The van der Waals surface area contributed by atoms with Crippen LogP contribution in [0.3, 0.4) is 0 Å². The standard InChI is InChI=1S/C8H15NO3/c1-6(2)4-7(10)9(3)5-8(11)12/h6H,4-5H2,1-3H3,(H,11,12). The van der Waals surface area contributed by atoms with Crippen LogP contribution in [0.25, 0.3) is 0 Å². The Bertz CT molecular complexity index is 177. The van der Waals surface area contributed by atoms with Crippen molar-refractivity contribution in [2.75, 3.05) is 13.6 Å². The Morgan fingerprint density at radius 1 is 1.42 bits per heavy atom. The van der Waals surface area contributed by atoms with Gasteiger partial charge in [0.2, 0.25) is 5.91 Å². The Balaban J connectivity index is 3.85. The minimum atomic E-state index is -0.977. The summed E-state index contributed by atoms with van der Waals surface area (Å²) >= 11 is 0. The van der Waals surface area contributed by atoms with Gasteiger partial charge in [0.15, 0.2) is 0 Å². The molecule has 0 radical (unpaired) electrons. The van der Waals surface area contributed by atoms with Crippen LogP contribution in [0.2, 0.25) is 0 Å². The van der Waals surface area contributed by atoms with E-state index in [0.29, 0.717) is 6.42 Å². The summed E-state index contributed by atoms with van der Waals surface area (Å²) in [5.74, 6) is -0.823. The molecule has 4 nitrogen and oxygen atoms in total. The SMILES string of the molecule is CC(C)CC(=O)N(C)CC(=O)O. The normalized spacial score (nSPS) is 10.0. The first-order valence-electron chi connectivity index (χ1n) is 3.89. The first-order valence-corrected chi connectivity index (χ1v) is 3.89. The van der Waals surface area contributed by atoms with E-state index >= 15 is 0 Å². The van der Waals surface area contributed by atoms with Crippen LogP contribution in [-0.2, 0) is 9.59 Å². The molecule has 0 aromatic carbocycles. The average molecular weight is 173 g/mol. The van der Waals surface area contributed by atoms with Crippen molar-refractivity contribution >= 4 is 11.9 Å². The van der Waals surface area contributed by atoms with E-state index in [1.165, 1.54) is 11.9 Å². The lowest BCUT2D eigenvalue weighted by molar-refractivity contribution is -0.143. The minimum Gasteiger partial charge on any atom is -0.480 e. The Morgan fingerprint density at radius 2 is 1.92 bits per heavy atom. The average Bonchev–Trinajstić information content (AvgIpc) is 1.84. The van der Waals surface area contributed by atoms with Gasteiger partial charge in [-0.2, -0.15) is 0 Å². The quantitative estimate of drug-likeness (QED) is 0.676. The molecular weight excluding hydrogens is 158 g/mol. The smallest absolute Gasteiger partial charge is 0.323 e. The van der Waals surface area contributed by atoms with E-state index in [1.807, 2.05) is 13.8 Å². The Labute approximate surface area is 72.2 Å². The topological polar surface area (TPSA) is 57.6 Å². The van der Waals surface area contributed by atoms with Gasteiger partial charge in [-0.05, 0) is 5.92 Å². The van der Waals surface area contributed by atoms with E-state index in [-0.39, 0.29) is 18.4 Å². The monoisotopic (exact) mass is 173 g/mol. The van der Waals surface area contributed by atoms with Crippen LogP contribution >= 0.6 is 0 Å². The molecule has 0 saturated heterocycles. The van der Waals surface area contributed by atoms with E-state index in [0.717, 1.165) is 0 Å². The third-order valence-electron chi connectivity index (χ3n) is 1.38. The van der Waals surface area contributed by atoms with Crippen LogP contribution in [0.4, 0.5) is 0 Å². The molecule has 1 N–H and O–H groups in total. The van der Waals surface area contributed by atoms with E-state index < -0.39 is 5.97 Å². The van der Waals surface area contributed by atoms with Gasteiger partial charge in [-0.1, -0.05) is 13.8 Å². The van der Waals surface area contributed by atoms with E-state index in [1.54, 1.807) is 0 Å². The second kappa shape index (κ2) is 4.74. The highest BCUT2D eigenvalue weighted by atomic mass is 16.4. The fourth-order valence-corrected chi connectivity index (χ4v) is 0.796. The molecular formula is C8H15NO3. The number of hydrogen-bond donors (Lipinski definition) is 1. The number of nitrogens with zero attached hydrogens (tertiary/aromatic N) is 1. The Hall–Kier alpha value is -1.06. The summed E-state index contributed by atoms with van der Waals surface area (Å²) in [6.45, 7) is 3.63. The molecule has 0 aliphatic rings. The molecule has 4 heteroatoms. The van der Waals surface area contributed by atoms with Crippen LogP contribution in [0.1, 0.15) is 20.3 Å². The first-order chi connectivity index (χ1) is 5.43. The largest absolute Gasteiger partial charge is 0.480 e. The zero-order valence-electron chi connectivity index (χ0n) is 7.70. The van der Waals surface area contributed by atoms with Crippen molar-refractivity contribution in [3.05, 3.63) is 0 Å². The lowest BCUT2D eigenvalue weighted by Crippen LogP contribution is -2.32. The summed E-state index contributed by atoms with van der Waals surface area (Å²) in [5.41, 5.74) is 0. The lowest BCUT2D eigenvalue weighted by atomic mass is 10.1. The number of carboxylic acids is 1. The number of carbonyl (C=O) groups excluding carboxylic acids is 1. The molecule has 0 aliphatic heterocycles. The number of rotatable bonds is 4. The fourth-order valence-electron chi connectivity index (χ4n) is 0.796. The van der Waals surface area contributed by atoms with Gasteiger partial charge in [0.25, 0.3) is 0 Å². The molecule has 0 aromatic rings. The summed E-state index contributed by atoms with van der Waals surface area (Å²) in [4.78, 5) is 22.6. The van der Waals surface area contributed by atoms with Crippen molar-refractivity contribution in [3.8, 4) is 0 Å². The lowest BCUT2D eigenvalue weighted by Gasteiger charge is -2.15. The summed E-state index contributed by atoms with van der Waals surface area (Å²) in [6, 6.07) is 0. The minimum absolute atomic E-state index is 0.118. The van der Waals surface area contributed by atoms with Crippen LogP contribution in [0.5, 0.6) is 0 Å². The van der Waals surface area contributed by atoms with Gasteiger partial charge in [0.05, 0.1) is 0 Å². The number of carbonyl (C=O) groups is 2. The predicted molar refractivity (Wildman–Crippen MR) is 44.7 cm³/mol. The van der Waals surface area contributed by atoms with E-state index in [2.05, 4.69) is 0 Å². The molecule has 0 heterocycles.